The van der Waals surface area contributed by atoms with Crippen molar-refractivity contribution in [2.24, 2.45) is 0 Å². The smallest absolute Gasteiger partial charge is 0.371 e. The summed E-state index contributed by atoms with van der Waals surface area (Å²) < 4.78 is 45.8. The summed E-state index contributed by atoms with van der Waals surface area (Å²) in [6.07, 6.45) is -3.78. The van der Waals surface area contributed by atoms with E-state index < -0.39 is 18.7 Å². The van der Waals surface area contributed by atoms with Crippen LogP contribution < -0.4 is 9.47 Å². The molecule has 10 heteroatoms. The van der Waals surface area contributed by atoms with Gasteiger partial charge in [0, 0.05) is 0 Å². The van der Waals surface area contributed by atoms with Crippen LogP contribution in [0.4, 0.5) is 13.2 Å². The maximum atomic E-state index is 11.9. The van der Waals surface area contributed by atoms with Gasteiger partial charge in [-0.05, 0) is 61.6 Å². The Morgan fingerprint density at radius 2 is 1.71 bits per heavy atom. The molecule has 3 rings (SSSR count). The second-order valence-electron chi connectivity index (χ2n) is 7.67. The molecular weight excluding hydrogens is 481 g/mol. The Balaban J connectivity index is 0.000000247. The van der Waals surface area contributed by atoms with Gasteiger partial charge in [-0.1, -0.05) is 30.8 Å². The maximum absolute atomic E-state index is 11.9. The number of nitrogens with zero attached hydrogens (tertiary/aromatic N) is 2. The van der Waals surface area contributed by atoms with E-state index in [0.717, 1.165) is 26.6 Å². The number of hydrogen-bond donors (Lipinski definition) is 1. The lowest BCUT2D eigenvalue weighted by Gasteiger charge is -2.21. The monoisotopic (exact) mass is 509 g/mol. The minimum Gasteiger partial charge on any atom is -0.655 e. The molecule has 0 radical (unpaired) electrons. The summed E-state index contributed by atoms with van der Waals surface area (Å²) in [5.74, 6) is 0.182. The molecule has 0 aliphatic heterocycles. The van der Waals surface area contributed by atoms with Crippen molar-refractivity contribution in [3.05, 3.63) is 69.1 Å². The average Bonchev–Trinajstić information content (AvgIpc) is 3.20. The van der Waals surface area contributed by atoms with Crippen LogP contribution in [-0.2, 0) is 6.42 Å². The first-order valence-electron chi connectivity index (χ1n) is 10.6. The first kappa shape index (κ1) is 28.1. The van der Waals surface area contributed by atoms with Crippen molar-refractivity contribution in [3.63, 3.8) is 0 Å². The highest BCUT2D eigenvalue weighted by molar-refractivity contribution is 7.15. The van der Waals surface area contributed by atoms with Crippen LogP contribution in [0, 0.1) is 20.8 Å². The van der Waals surface area contributed by atoms with Gasteiger partial charge in [-0.2, -0.15) is 13.2 Å². The molecule has 1 N–H and O–H groups in total. The van der Waals surface area contributed by atoms with Crippen LogP contribution >= 0.6 is 11.3 Å². The third-order valence-corrected chi connectivity index (χ3v) is 6.02. The van der Waals surface area contributed by atoms with E-state index in [1.807, 2.05) is 39.0 Å². The number of halogens is 3. The van der Waals surface area contributed by atoms with Crippen LogP contribution in [0.2, 0.25) is 0 Å². The Morgan fingerprint density at radius 3 is 2.29 bits per heavy atom. The van der Waals surface area contributed by atoms with Crippen LogP contribution in [0.1, 0.15) is 32.2 Å². The Bertz CT molecular complexity index is 1150. The summed E-state index contributed by atoms with van der Waals surface area (Å²) >= 11 is 1.42. The van der Waals surface area contributed by atoms with Crippen molar-refractivity contribution in [3.8, 4) is 21.9 Å². The summed E-state index contributed by atoms with van der Waals surface area (Å²) in [5, 5.41) is 13.3. The molecule has 35 heavy (non-hydrogen) atoms. The predicted molar refractivity (Wildman–Crippen MR) is 131 cm³/mol. The van der Waals surface area contributed by atoms with E-state index in [2.05, 4.69) is 10.3 Å². The Labute approximate surface area is 206 Å². The second kappa shape index (κ2) is 12.6. The molecule has 0 fully saturated rings. The van der Waals surface area contributed by atoms with Gasteiger partial charge in [0.05, 0.1) is 24.1 Å². The zero-order chi connectivity index (χ0) is 26.2. The molecule has 1 heterocycles. The topological polar surface area (TPSA) is 82.8 Å². The summed E-state index contributed by atoms with van der Waals surface area (Å²) in [6, 6.07) is 11.2. The number of alkyl halides is 3. The maximum Gasteiger partial charge on any atom is 0.371 e. The second-order valence-corrected chi connectivity index (χ2v) is 8.88. The zero-order valence-electron chi connectivity index (χ0n) is 20.2. The molecular formula is C25H28F3N2O4S-. The Kier molecular flexibility index (Phi) is 10.1. The minimum absolute atomic E-state index is 0.134. The van der Waals surface area contributed by atoms with E-state index in [1.54, 1.807) is 18.2 Å². The largest absolute Gasteiger partial charge is 0.655 e. The van der Waals surface area contributed by atoms with Gasteiger partial charge in [-0.15, -0.1) is 17.9 Å². The zero-order valence-corrected chi connectivity index (χ0v) is 21.0. The number of aromatic carboxylic acids is 1. The van der Waals surface area contributed by atoms with Crippen LogP contribution in [0.5, 0.6) is 11.5 Å². The normalized spacial score (nSPS) is 11.0. The fourth-order valence-corrected chi connectivity index (χ4v) is 4.01. The summed E-state index contributed by atoms with van der Waals surface area (Å²) in [4.78, 5) is 15.9. The highest BCUT2D eigenvalue weighted by atomic mass is 32.1. The number of thiazole rings is 1. The quantitative estimate of drug-likeness (QED) is 0.345. The number of hydrogen-bond acceptors (Lipinski definition) is 5. The lowest BCUT2D eigenvalue weighted by Crippen LogP contribution is -2.14. The van der Waals surface area contributed by atoms with Crippen LogP contribution in [0.25, 0.3) is 15.8 Å². The summed E-state index contributed by atoms with van der Waals surface area (Å²) in [5.41, 5.74) is 4.29. The third-order valence-electron chi connectivity index (χ3n) is 5.00. The van der Waals surface area contributed by atoms with Crippen molar-refractivity contribution in [1.29, 1.82) is 0 Å². The van der Waals surface area contributed by atoms with E-state index >= 15 is 0 Å². The molecule has 0 unspecified atom stereocenters. The van der Waals surface area contributed by atoms with Crippen molar-refractivity contribution >= 4 is 17.3 Å². The van der Waals surface area contributed by atoms with Gasteiger partial charge < -0.3 is 19.9 Å². The van der Waals surface area contributed by atoms with Gasteiger partial charge in [0.25, 0.3) is 0 Å². The molecule has 0 saturated carbocycles. The van der Waals surface area contributed by atoms with Gasteiger partial charge >= 0.3 is 12.1 Å². The number of carboxylic acids is 1. The fourth-order valence-electron chi connectivity index (χ4n) is 3.10. The van der Waals surface area contributed by atoms with Crippen LogP contribution in [-0.4, -0.2) is 49.5 Å². The molecule has 3 aromatic rings. The Hall–Kier alpha value is -3.11. The molecule has 190 valence electrons. The number of aryl methyl sites for hydroxylation is 3. The van der Waals surface area contributed by atoms with Gasteiger partial charge in [-0.25, -0.2) is 9.78 Å². The molecule has 6 nitrogen and oxygen atoms in total. The fraction of sp³-hybridized carbons (Fsp3) is 0.360. The highest BCUT2D eigenvalue weighted by Crippen LogP contribution is 2.31. The van der Waals surface area contributed by atoms with E-state index in [4.69, 9.17) is 14.6 Å². The predicted octanol–water partition coefficient (Wildman–Crippen LogP) is 6.62. The molecule has 0 bridgehead atoms. The molecule has 1 aromatic heterocycles. The average molecular weight is 510 g/mol. The van der Waals surface area contributed by atoms with Crippen molar-refractivity contribution < 1.29 is 32.5 Å². The molecule has 2 aromatic carbocycles. The van der Waals surface area contributed by atoms with Crippen LogP contribution in [0.15, 0.2) is 36.4 Å². The van der Waals surface area contributed by atoms with E-state index in [-0.39, 0.29) is 12.2 Å². The first-order valence-corrected chi connectivity index (χ1v) is 11.5. The summed E-state index contributed by atoms with van der Waals surface area (Å²) in [6.45, 7) is 4.92. The summed E-state index contributed by atoms with van der Waals surface area (Å²) in [7, 11) is 3.03. The number of carboxylic acid groups (broad SMARTS) is 1. The van der Waals surface area contributed by atoms with Crippen LogP contribution in [0.3, 0.4) is 0 Å². The van der Waals surface area contributed by atoms with Gasteiger partial charge in [-0.3, -0.25) is 0 Å². The lowest BCUT2D eigenvalue weighted by atomic mass is 10.0. The first-order chi connectivity index (χ1) is 16.4. The number of ether oxygens (including phenoxy) is 2. The molecule has 0 spiro atoms. The van der Waals surface area contributed by atoms with Crippen molar-refractivity contribution in [2.75, 3.05) is 27.3 Å². The highest BCUT2D eigenvalue weighted by Gasteiger charge is 2.20. The van der Waals surface area contributed by atoms with E-state index in [1.165, 1.54) is 31.1 Å². The van der Waals surface area contributed by atoms with Crippen molar-refractivity contribution in [2.45, 2.75) is 33.4 Å². The molecule has 0 saturated heterocycles. The number of carbonyl (C=O) groups is 1. The molecule has 0 aliphatic rings. The SMILES string of the molecule is COc1ccc(CC[N-]CC(F)(F)F)cc1OC.Cc1nc(C(=O)O)c(-c2ccc(C)c(C)c2)s1. The number of methoxy groups -OCH3 is 2. The standard InChI is InChI=1S/C13H13NO2S.C12H15F3NO2/c1-7-4-5-10(6-8(7)2)12-11(13(15)16)14-9(3)17-12;1-17-10-4-3-9(7-11(10)18-2)5-6-16-8-12(13,14)15/h4-6H,1-3H3,(H,15,16);3-4,7H,5-6,8H2,1-2H3/q;-1. The number of rotatable bonds is 8. The molecule has 0 atom stereocenters. The van der Waals surface area contributed by atoms with Gasteiger partial charge in [0.1, 0.15) is 0 Å². The third kappa shape index (κ3) is 8.56. The van der Waals surface area contributed by atoms with E-state index in [9.17, 15) is 18.0 Å². The number of aromatic nitrogens is 1. The molecule has 0 aliphatic carbocycles. The van der Waals surface area contributed by atoms with Gasteiger partial charge in [0.15, 0.2) is 17.2 Å². The minimum atomic E-state index is -4.22. The number of benzene rings is 2. The molecule has 0 amide bonds. The lowest BCUT2D eigenvalue weighted by molar-refractivity contribution is -0.113. The van der Waals surface area contributed by atoms with E-state index in [0.29, 0.717) is 17.9 Å². The van der Waals surface area contributed by atoms with Gasteiger partial charge in [0.2, 0.25) is 0 Å². The Morgan fingerprint density at radius 1 is 1.03 bits per heavy atom. The van der Waals surface area contributed by atoms with Crippen molar-refractivity contribution in [1.82, 2.24) is 4.98 Å².